The average molecular weight is 223 g/mol. The Hall–Kier alpha value is -0.600. The van der Waals surface area contributed by atoms with Gasteiger partial charge in [0.1, 0.15) is 0 Å². The van der Waals surface area contributed by atoms with E-state index < -0.39 is 0 Å². The van der Waals surface area contributed by atoms with Crippen LogP contribution in [0.3, 0.4) is 0 Å². The number of thiophene rings is 1. The SMILES string of the molecule is C=CCCC(C)NC(C)Cc1ccsc1. The predicted octanol–water partition coefficient (Wildman–Crippen LogP) is 3.62. The molecule has 0 aliphatic heterocycles. The molecule has 1 N–H and O–H groups in total. The Labute approximate surface area is 97.2 Å². The van der Waals surface area contributed by atoms with E-state index >= 15 is 0 Å². The summed E-state index contributed by atoms with van der Waals surface area (Å²) in [5.74, 6) is 0. The zero-order valence-corrected chi connectivity index (χ0v) is 10.5. The Bertz CT molecular complexity index is 266. The highest BCUT2D eigenvalue weighted by Gasteiger charge is 2.07. The van der Waals surface area contributed by atoms with Gasteiger partial charge >= 0.3 is 0 Å². The summed E-state index contributed by atoms with van der Waals surface area (Å²) < 4.78 is 0. The van der Waals surface area contributed by atoms with Crippen LogP contribution in [0.5, 0.6) is 0 Å². The maximum absolute atomic E-state index is 3.75. The fourth-order valence-corrected chi connectivity index (χ4v) is 2.44. The maximum Gasteiger partial charge on any atom is 0.00819 e. The van der Waals surface area contributed by atoms with E-state index in [1.165, 1.54) is 12.0 Å². The lowest BCUT2D eigenvalue weighted by Gasteiger charge is -2.19. The van der Waals surface area contributed by atoms with E-state index in [0.717, 1.165) is 12.8 Å². The molecule has 0 radical (unpaired) electrons. The van der Waals surface area contributed by atoms with Gasteiger partial charge in [-0.1, -0.05) is 6.08 Å². The topological polar surface area (TPSA) is 12.0 Å². The number of allylic oxidation sites excluding steroid dienone is 1. The molecule has 0 saturated carbocycles. The lowest BCUT2D eigenvalue weighted by Crippen LogP contribution is -2.35. The van der Waals surface area contributed by atoms with Gasteiger partial charge in [-0.15, -0.1) is 6.58 Å². The van der Waals surface area contributed by atoms with Crippen molar-refractivity contribution in [3.05, 3.63) is 35.0 Å². The molecular formula is C13H21NS. The van der Waals surface area contributed by atoms with Gasteiger partial charge in [-0.25, -0.2) is 0 Å². The molecule has 0 fully saturated rings. The minimum absolute atomic E-state index is 0.555. The number of hydrogen-bond donors (Lipinski definition) is 1. The molecule has 84 valence electrons. The van der Waals surface area contributed by atoms with Crippen molar-refractivity contribution < 1.29 is 0 Å². The molecule has 1 heterocycles. The number of nitrogens with one attached hydrogen (secondary N) is 1. The Balaban J connectivity index is 2.23. The zero-order chi connectivity index (χ0) is 11.1. The van der Waals surface area contributed by atoms with Crippen molar-refractivity contribution in [3.63, 3.8) is 0 Å². The normalized spacial score (nSPS) is 14.8. The smallest absolute Gasteiger partial charge is 0.00819 e. The largest absolute Gasteiger partial charge is 0.311 e. The quantitative estimate of drug-likeness (QED) is 0.696. The maximum atomic E-state index is 3.75. The summed E-state index contributed by atoms with van der Waals surface area (Å²) in [4.78, 5) is 0. The molecule has 1 rings (SSSR count). The second-order valence-electron chi connectivity index (χ2n) is 4.17. The van der Waals surface area contributed by atoms with Gasteiger partial charge in [0.25, 0.3) is 0 Å². The fourth-order valence-electron chi connectivity index (χ4n) is 1.76. The molecule has 0 aliphatic carbocycles. The van der Waals surface area contributed by atoms with Gasteiger partial charge in [-0.2, -0.15) is 11.3 Å². The van der Waals surface area contributed by atoms with Gasteiger partial charge in [-0.05, 0) is 55.5 Å². The van der Waals surface area contributed by atoms with Gasteiger partial charge in [0, 0.05) is 12.1 Å². The molecule has 0 bridgehead atoms. The molecule has 1 aromatic rings. The zero-order valence-electron chi connectivity index (χ0n) is 9.70. The molecule has 2 atom stereocenters. The van der Waals surface area contributed by atoms with Crippen LogP contribution in [0.1, 0.15) is 32.3 Å². The van der Waals surface area contributed by atoms with Crippen LogP contribution in [-0.2, 0) is 6.42 Å². The highest BCUT2D eigenvalue weighted by Crippen LogP contribution is 2.09. The summed E-state index contributed by atoms with van der Waals surface area (Å²) >= 11 is 1.77. The van der Waals surface area contributed by atoms with Gasteiger partial charge < -0.3 is 5.32 Å². The van der Waals surface area contributed by atoms with E-state index in [9.17, 15) is 0 Å². The first kappa shape index (κ1) is 12.5. The Morgan fingerprint density at radius 1 is 1.47 bits per heavy atom. The van der Waals surface area contributed by atoms with Crippen molar-refractivity contribution in [1.29, 1.82) is 0 Å². The van der Waals surface area contributed by atoms with Crippen LogP contribution in [0, 0.1) is 0 Å². The van der Waals surface area contributed by atoms with Gasteiger partial charge in [-0.3, -0.25) is 0 Å². The third-order valence-electron chi connectivity index (χ3n) is 2.49. The first-order valence-electron chi connectivity index (χ1n) is 5.60. The highest BCUT2D eigenvalue weighted by atomic mass is 32.1. The highest BCUT2D eigenvalue weighted by molar-refractivity contribution is 7.07. The monoisotopic (exact) mass is 223 g/mol. The van der Waals surface area contributed by atoms with E-state index in [4.69, 9.17) is 0 Å². The van der Waals surface area contributed by atoms with Crippen molar-refractivity contribution in [1.82, 2.24) is 5.32 Å². The molecule has 1 nitrogen and oxygen atoms in total. The fraction of sp³-hybridized carbons (Fsp3) is 0.538. The summed E-state index contributed by atoms with van der Waals surface area (Å²) in [5.41, 5.74) is 1.44. The van der Waals surface area contributed by atoms with Crippen LogP contribution in [0.2, 0.25) is 0 Å². The van der Waals surface area contributed by atoms with Crippen molar-refractivity contribution in [2.45, 2.75) is 45.2 Å². The van der Waals surface area contributed by atoms with Crippen molar-refractivity contribution >= 4 is 11.3 Å². The summed E-state index contributed by atoms with van der Waals surface area (Å²) in [7, 11) is 0. The lowest BCUT2D eigenvalue weighted by atomic mass is 10.1. The second kappa shape index (κ2) is 6.81. The van der Waals surface area contributed by atoms with Crippen LogP contribution in [0.4, 0.5) is 0 Å². The Morgan fingerprint density at radius 2 is 2.27 bits per heavy atom. The molecule has 1 aromatic heterocycles. The van der Waals surface area contributed by atoms with Crippen molar-refractivity contribution in [2.75, 3.05) is 0 Å². The molecule has 0 aliphatic rings. The molecule has 2 unspecified atom stereocenters. The summed E-state index contributed by atoms with van der Waals surface area (Å²) in [6.45, 7) is 8.24. The van der Waals surface area contributed by atoms with Gasteiger partial charge in [0.2, 0.25) is 0 Å². The average Bonchev–Trinajstić information content (AvgIpc) is 2.67. The van der Waals surface area contributed by atoms with Crippen molar-refractivity contribution in [2.24, 2.45) is 0 Å². The van der Waals surface area contributed by atoms with Crippen LogP contribution >= 0.6 is 11.3 Å². The lowest BCUT2D eigenvalue weighted by molar-refractivity contribution is 0.446. The van der Waals surface area contributed by atoms with Gasteiger partial charge in [0.15, 0.2) is 0 Å². The minimum atomic E-state index is 0.555. The molecule has 0 saturated heterocycles. The van der Waals surface area contributed by atoms with E-state index in [-0.39, 0.29) is 0 Å². The van der Waals surface area contributed by atoms with Crippen LogP contribution in [-0.4, -0.2) is 12.1 Å². The van der Waals surface area contributed by atoms with E-state index in [2.05, 4.69) is 42.6 Å². The molecule has 2 heteroatoms. The minimum Gasteiger partial charge on any atom is -0.311 e. The third kappa shape index (κ3) is 5.14. The van der Waals surface area contributed by atoms with Crippen molar-refractivity contribution in [3.8, 4) is 0 Å². The predicted molar refractivity (Wildman–Crippen MR) is 69.5 cm³/mol. The molecular weight excluding hydrogens is 202 g/mol. The van der Waals surface area contributed by atoms with Gasteiger partial charge in [0.05, 0.1) is 0 Å². The molecule has 0 amide bonds. The van der Waals surface area contributed by atoms with E-state index in [1.807, 2.05) is 6.08 Å². The van der Waals surface area contributed by atoms with E-state index in [1.54, 1.807) is 11.3 Å². The van der Waals surface area contributed by atoms with Crippen LogP contribution in [0.25, 0.3) is 0 Å². The Morgan fingerprint density at radius 3 is 2.87 bits per heavy atom. The first-order valence-corrected chi connectivity index (χ1v) is 6.54. The Kier molecular flexibility index (Phi) is 5.66. The standard InChI is InChI=1S/C13H21NS/c1-4-5-6-11(2)14-12(3)9-13-7-8-15-10-13/h4,7-8,10-12,14H,1,5-6,9H2,2-3H3. The number of hydrogen-bond acceptors (Lipinski definition) is 2. The molecule has 0 spiro atoms. The molecule has 0 aromatic carbocycles. The second-order valence-corrected chi connectivity index (χ2v) is 4.95. The summed E-state index contributed by atoms with van der Waals surface area (Å²) in [5, 5.41) is 7.98. The summed E-state index contributed by atoms with van der Waals surface area (Å²) in [6, 6.07) is 3.34. The summed E-state index contributed by atoms with van der Waals surface area (Å²) in [6.07, 6.45) is 5.39. The van der Waals surface area contributed by atoms with E-state index in [0.29, 0.717) is 12.1 Å². The first-order chi connectivity index (χ1) is 7.22. The van der Waals surface area contributed by atoms with Crippen LogP contribution in [0.15, 0.2) is 29.5 Å². The number of rotatable bonds is 7. The third-order valence-corrected chi connectivity index (χ3v) is 3.23. The van der Waals surface area contributed by atoms with Crippen LogP contribution < -0.4 is 5.32 Å². The molecule has 15 heavy (non-hydrogen) atoms.